The molecular weight excluding hydrogens is 272 g/mol. The van der Waals surface area contributed by atoms with E-state index in [2.05, 4.69) is 10.4 Å². The van der Waals surface area contributed by atoms with Crippen molar-refractivity contribution in [2.45, 2.75) is 39.3 Å². The molecule has 0 aliphatic carbocycles. The standard InChI is InChI=1S/C14H22N4O3/c1-11(9-18-8-4-6-15-18)16-13(21)17-7-3-5-14(2,10-17)12(19)20/h4,6,8,11H,3,5,7,9-10H2,1-2H3,(H,16,21)(H,19,20). The van der Waals surface area contributed by atoms with Gasteiger partial charge in [-0.2, -0.15) is 5.10 Å². The number of aliphatic carboxylic acids is 1. The topological polar surface area (TPSA) is 87.5 Å². The predicted molar refractivity (Wildman–Crippen MR) is 76.8 cm³/mol. The Morgan fingerprint density at radius 3 is 2.90 bits per heavy atom. The number of hydrogen-bond donors (Lipinski definition) is 2. The molecular formula is C14H22N4O3. The van der Waals surface area contributed by atoms with Crippen LogP contribution in [-0.2, 0) is 11.3 Å². The zero-order valence-electron chi connectivity index (χ0n) is 12.5. The quantitative estimate of drug-likeness (QED) is 0.872. The normalized spacial score (nSPS) is 23.6. The maximum Gasteiger partial charge on any atom is 0.317 e. The Labute approximate surface area is 123 Å². The summed E-state index contributed by atoms with van der Waals surface area (Å²) in [6.07, 6.45) is 4.85. The summed E-state index contributed by atoms with van der Waals surface area (Å²) in [4.78, 5) is 25.1. The van der Waals surface area contributed by atoms with E-state index >= 15 is 0 Å². The van der Waals surface area contributed by atoms with Crippen molar-refractivity contribution >= 4 is 12.0 Å². The molecule has 2 heterocycles. The molecule has 7 nitrogen and oxygen atoms in total. The minimum atomic E-state index is -0.846. The monoisotopic (exact) mass is 294 g/mol. The molecule has 1 aliphatic heterocycles. The van der Waals surface area contributed by atoms with Gasteiger partial charge in [0.2, 0.25) is 0 Å². The summed E-state index contributed by atoms with van der Waals surface area (Å²) in [7, 11) is 0. The first-order valence-corrected chi connectivity index (χ1v) is 7.17. The number of carboxylic acids is 1. The number of nitrogens with one attached hydrogen (secondary N) is 1. The third-order valence-electron chi connectivity index (χ3n) is 3.89. The lowest BCUT2D eigenvalue weighted by Crippen LogP contribution is -2.53. The summed E-state index contributed by atoms with van der Waals surface area (Å²) >= 11 is 0. The molecule has 1 aliphatic rings. The van der Waals surface area contributed by atoms with Gasteiger partial charge in [0.15, 0.2) is 0 Å². The van der Waals surface area contributed by atoms with Gasteiger partial charge in [-0.25, -0.2) is 4.79 Å². The average molecular weight is 294 g/mol. The minimum Gasteiger partial charge on any atom is -0.481 e. The summed E-state index contributed by atoms with van der Waals surface area (Å²) in [5.41, 5.74) is -0.846. The molecule has 2 atom stereocenters. The summed E-state index contributed by atoms with van der Waals surface area (Å²) in [6.45, 7) is 5.04. The van der Waals surface area contributed by atoms with Gasteiger partial charge in [-0.3, -0.25) is 9.48 Å². The largest absolute Gasteiger partial charge is 0.481 e. The van der Waals surface area contributed by atoms with Crippen LogP contribution in [0.5, 0.6) is 0 Å². The number of piperidine rings is 1. The Hall–Kier alpha value is -2.05. The Kier molecular flexibility index (Phi) is 4.50. The van der Waals surface area contributed by atoms with Gasteiger partial charge < -0.3 is 15.3 Å². The van der Waals surface area contributed by atoms with Crippen LogP contribution >= 0.6 is 0 Å². The van der Waals surface area contributed by atoms with E-state index in [1.807, 2.05) is 19.2 Å². The van der Waals surface area contributed by atoms with E-state index in [4.69, 9.17) is 0 Å². The Bertz CT molecular complexity index is 502. The number of nitrogens with zero attached hydrogens (tertiary/aromatic N) is 3. The molecule has 0 aromatic carbocycles. The van der Waals surface area contributed by atoms with Crippen molar-refractivity contribution in [3.05, 3.63) is 18.5 Å². The van der Waals surface area contributed by atoms with Gasteiger partial charge in [0.25, 0.3) is 0 Å². The minimum absolute atomic E-state index is 0.0737. The Balaban J connectivity index is 1.89. The lowest BCUT2D eigenvalue weighted by Gasteiger charge is -2.37. The van der Waals surface area contributed by atoms with E-state index in [1.54, 1.807) is 22.7 Å². The number of rotatable bonds is 4. The smallest absolute Gasteiger partial charge is 0.317 e. The van der Waals surface area contributed by atoms with Crippen LogP contribution in [0.25, 0.3) is 0 Å². The SMILES string of the molecule is CC(Cn1cccn1)NC(=O)N1CCCC(C)(C(=O)O)C1. The van der Waals surface area contributed by atoms with Crippen LogP contribution in [0, 0.1) is 5.41 Å². The summed E-state index contributed by atoms with van der Waals surface area (Å²) in [6, 6.07) is 1.55. The number of aromatic nitrogens is 2. The molecule has 2 N–H and O–H groups in total. The van der Waals surface area contributed by atoms with Crippen LogP contribution < -0.4 is 5.32 Å². The van der Waals surface area contributed by atoms with E-state index in [0.29, 0.717) is 25.9 Å². The van der Waals surface area contributed by atoms with Gasteiger partial charge in [0.1, 0.15) is 0 Å². The van der Waals surface area contributed by atoms with Crippen LogP contribution in [0.3, 0.4) is 0 Å². The van der Waals surface area contributed by atoms with Crippen molar-refractivity contribution in [1.82, 2.24) is 20.0 Å². The number of carbonyl (C=O) groups excluding carboxylic acids is 1. The molecule has 7 heteroatoms. The highest BCUT2D eigenvalue weighted by molar-refractivity contribution is 5.78. The third kappa shape index (κ3) is 3.74. The van der Waals surface area contributed by atoms with Crippen LogP contribution in [0.15, 0.2) is 18.5 Å². The second kappa shape index (κ2) is 6.15. The number of carboxylic acid groups (broad SMARTS) is 1. The van der Waals surface area contributed by atoms with Crippen molar-refractivity contribution in [1.29, 1.82) is 0 Å². The molecule has 21 heavy (non-hydrogen) atoms. The number of likely N-dealkylation sites (tertiary alicyclic amines) is 1. The fourth-order valence-corrected chi connectivity index (χ4v) is 2.62. The molecule has 0 spiro atoms. The molecule has 2 rings (SSSR count). The molecule has 116 valence electrons. The van der Waals surface area contributed by atoms with Crippen molar-refractivity contribution < 1.29 is 14.7 Å². The van der Waals surface area contributed by atoms with Gasteiger partial charge in [0.05, 0.1) is 12.0 Å². The molecule has 0 saturated carbocycles. The molecule has 1 saturated heterocycles. The van der Waals surface area contributed by atoms with Gasteiger partial charge in [-0.05, 0) is 32.8 Å². The average Bonchev–Trinajstić information content (AvgIpc) is 2.91. The van der Waals surface area contributed by atoms with Crippen molar-refractivity contribution in [3.8, 4) is 0 Å². The van der Waals surface area contributed by atoms with Crippen molar-refractivity contribution in [2.75, 3.05) is 13.1 Å². The Morgan fingerprint density at radius 1 is 1.52 bits per heavy atom. The number of urea groups is 1. The Morgan fingerprint density at radius 2 is 2.29 bits per heavy atom. The zero-order valence-corrected chi connectivity index (χ0v) is 12.5. The number of carbonyl (C=O) groups is 2. The zero-order chi connectivity index (χ0) is 15.5. The lowest BCUT2D eigenvalue weighted by molar-refractivity contribution is -0.150. The predicted octanol–water partition coefficient (Wildman–Crippen LogP) is 1.17. The maximum absolute atomic E-state index is 12.2. The highest BCUT2D eigenvalue weighted by Crippen LogP contribution is 2.29. The highest BCUT2D eigenvalue weighted by atomic mass is 16.4. The first kappa shape index (κ1) is 15.3. The molecule has 1 fully saturated rings. The summed E-state index contributed by atoms with van der Waals surface area (Å²) < 4.78 is 1.75. The van der Waals surface area contributed by atoms with Crippen molar-refractivity contribution in [3.63, 3.8) is 0 Å². The molecule has 1 aromatic heterocycles. The van der Waals surface area contributed by atoms with Gasteiger partial charge >= 0.3 is 12.0 Å². The first-order valence-electron chi connectivity index (χ1n) is 7.17. The summed E-state index contributed by atoms with van der Waals surface area (Å²) in [5, 5.41) is 16.3. The van der Waals surface area contributed by atoms with Crippen LogP contribution in [0.1, 0.15) is 26.7 Å². The van der Waals surface area contributed by atoms with Gasteiger partial charge in [0, 0.05) is 31.5 Å². The molecule has 1 aromatic rings. The second-order valence-electron chi connectivity index (χ2n) is 5.97. The second-order valence-corrected chi connectivity index (χ2v) is 5.97. The van der Waals surface area contributed by atoms with E-state index in [1.165, 1.54) is 0 Å². The summed E-state index contributed by atoms with van der Waals surface area (Å²) in [5.74, 6) is -0.843. The first-order chi connectivity index (χ1) is 9.90. The number of hydrogen-bond acceptors (Lipinski definition) is 3. The fraction of sp³-hybridized carbons (Fsp3) is 0.643. The van der Waals surface area contributed by atoms with Gasteiger partial charge in [-0.15, -0.1) is 0 Å². The molecule has 0 bridgehead atoms. The van der Waals surface area contributed by atoms with E-state index in [9.17, 15) is 14.7 Å². The third-order valence-corrected chi connectivity index (χ3v) is 3.89. The lowest BCUT2D eigenvalue weighted by atomic mass is 9.82. The highest BCUT2D eigenvalue weighted by Gasteiger charge is 2.39. The van der Waals surface area contributed by atoms with E-state index in [-0.39, 0.29) is 18.6 Å². The van der Waals surface area contributed by atoms with Crippen LogP contribution in [0.4, 0.5) is 4.79 Å². The van der Waals surface area contributed by atoms with Crippen LogP contribution in [0.2, 0.25) is 0 Å². The fourth-order valence-electron chi connectivity index (χ4n) is 2.62. The van der Waals surface area contributed by atoms with Gasteiger partial charge in [-0.1, -0.05) is 0 Å². The maximum atomic E-state index is 12.2. The molecule has 2 amide bonds. The van der Waals surface area contributed by atoms with E-state index in [0.717, 1.165) is 0 Å². The molecule has 0 radical (unpaired) electrons. The van der Waals surface area contributed by atoms with Crippen molar-refractivity contribution in [2.24, 2.45) is 5.41 Å². The molecule has 2 unspecified atom stereocenters. The number of amides is 2. The van der Waals surface area contributed by atoms with E-state index < -0.39 is 11.4 Å². The van der Waals surface area contributed by atoms with Crippen LogP contribution in [-0.4, -0.2) is 50.9 Å².